The monoisotopic (exact) mass is 374 g/mol. The molecule has 26 heavy (non-hydrogen) atoms. The van der Waals surface area contributed by atoms with Crippen LogP contribution in [0.1, 0.15) is 18.9 Å². The Morgan fingerprint density at radius 1 is 1.27 bits per heavy atom. The summed E-state index contributed by atoms with van der Waals surface area (Å²) in [6.07, 6.45) is 2.33. The lowest BCUT2D eigenvalue weighted by Crippen LogP contribution is -2.50. The van der Waals surface area contributed by atoms with Crippen LogP contribution in [0.3, 0.4) is 0 Å². The van der Waals surface area contributed by atoms with Gasteiger partial charge in [-0.15, -0.1) is 0 Å². The largest absolute Gasteiger partial charge is 0.493 e. The number of fused-ring (bicyclic) bond motifs is 1. The molecule has 0 aliphatic carbocycles. The summed E-state index contributed by atoms with van der Waals surface area (Å²) in [6, 6.07) is 5.67. The van der Waals surface area contributed by atoms with Crippen LogP contribution in [-0.4, -0.2) is 61.3 Å². The number of hydrogen-bond acceptors (Lipinski definition) is 6. The highest BCUT2D eigenvalue weighted by Crippen LogP contribution is 2.36. The Morgan fingerprint density at radius 2 is 2.00 bits per heavy atom. The summed E-state index contributed by atoms with van der Waals surface area (Å²) in [5.41, 5.74) is 1.02. The lowest BCUT2D eigenvalue weighted by atomic mass is 10.1. The number of hydrogen-bond donors (Lipinski definition) is 0. The van der Waals surface area contributed by atoms with Crippen LogP contribution in [0.15, 0.2) is 18.3 Å². The van der Waals surface area contributed by atoms with Crippen LogP contribution in [0.5, 0.6) is 11.5 Å². The Kier molecular flexibility index (Phi) is 5.82. The smallest absolute Gasteiger partial charge is 0.165 e. The Bertz CT molecular complexity index is 828. The van der Waals surface area contributed by atoms with Crippen LogP contribution >= 0.6 is 11.6 Å². The van der Waals surface area contributed by atoms with Crippen molar-refractivity contribution in [3.05, 3.63) is 28.9 Å². The van der Waals surface area contributed by atoms with E-state index in [1.54, 1.807) is 13.2 Å². The third-order valence-electron chi connectivity index (χ3n) is 4.77. The maximum Gasteiger partial charge on any atom is 0.165 e. The zero-order valence-corrected chi connectivity index (χ0v) is 16.1. The van der Waals surface area contributed by atoms with Gasteiger partial charge in [-0.3, -0.25) is 9.88 Å². The fourth-order valence-electron chi connectivity index (χ4n) is 3.17. The van der Waals surface area contributed by atoms with Crippen molar-refractivity contribution in [3.63, 3.8) is 0 Å². The predicted octanol–water partition coefficient (Wildman–Crippen LogP) is 3.13. The number of piperazine rings is 1. The van der Waals surface area contributed by atoms with Gasteiger partial charge in [-0.2, -0.15) is 5.26 Å². The number of aromatic nitrogens is 1. The summed E-state index contributed by atoms with van der Waals surface area (Å²) in [7, 11) is 3.73. The average Bonchev–Trinajstić information content (AvgIpc) is 2.66. The fourth-order valence-corrected chi connectivity index (χ4v) is 3.41. The number of likely N-dealkylation sites (N-methyl/N-ethyl adjacent to an activating group) is 1. The van der Waals surface area contributed by atoms with Gasteiger partial charge in [0.25, 0.3) is 0 Å². The lowest BCUT2D eigenvalue weighted by Gasteiger charge is -2.37. The molecule has 138 valence electrons. The van der Waals surface area contributed by atoms with Crippen molar-refractivity contribution in [1.29, 1.82) is 5.26 Å². The first-order chi connectivity index (χ1) is 12.6. The molecule has 1 aliphatic heterocycles. The molecule has 1 aromatic heterocycles. The second-order valence-corrected chi connectivity index (χ2v) is 6.82. The van der Waals surface area contributed by atoms with Gasteiger partial charge < -0.3 is 14.4 Å². The first-order valence-corrected chi connectivity index (χ1v) is 9.10. The minimum Gasteiger partial charge on any atom is -0.493 e. The van der Waals surface area contributed by atoms with Crippen molar-refractivity contribution < 1.29 is 9.47 Å². The molecule has 1 aliphatic rings. The van der Waals surface area contributed by atoms with Gasteiger partial charge in [0.2, 0.25) is 0 Å². The normalized spacial score (nSPS) is 17.0. The van der Waals surface area contributed by atoms with Gasteiger partial charge in [0.05, 0.1) is 23.2 Å². The van der Waals surface area contributed by atoms with E-state index in [1.165, 1.54) is 6.20 Å². The summed E-state index contributed by atoms with van der Waals surface area (Å²) in [4.78, 5) is 9.01. The van der Waals surface area contributed by atoms with Crippen molar-refractivity contribution in [3.8, 4) is 17.6 Å². The molecular weight excluding hydrogens is 352 g/mol. The van der Waals surface area contributed by atoms with E-state index in [0.717, 1.165) is 32.6 Å². The second-order valence-electron chi connectivity index (χ2n) is 6.44. The van der Waals surface area contributed by atoms with Crippen molar-refractivity contribution in [1.82, 2.24) is 14.8 Å². The standard InChI is InChI=1S/C19H23ClN4O2/c1-4-18(24-7-5-23(2)6-8-24)26-17-10-15-14(9-16(17)25-3)19(20)13(11-21)12-22-15/h9-10,12,18H,4-8H2,1-3H3. The van der Waals surface area contributed by atoms with Crippen LogP contribution in [0.25, 0.3) is 10.9 Å². The summed E-state index contributed by atoms with van der Waals surface area (Å²) in [6.45, 7) is 6.12. The Labute approximate surface area is 158 Å². The molecular formula is C19H23ClN4O2. The Morgan fingerprint density at radius 3 is 2.62 bits per heavy atom. The fraction of sp³-hybridized carbons (Fsp3) is 0.474. The van der Waals surface area contributed by atoms with E-state index in [0.29, 0.717) is 33.0 Å². The van der Waals surface area contributed by atoms with E-state index >= 15 is 0 Å². The van der Waals surface area contributed by atoms with E-state index in [1.807, 2.05) is 6.07 Å². The molecule has 7 heteroatoms. The topological polar surface area (TPSA) is 61.6 Å². The first-order valence-electron chi connectivity index (χ1n) is 8.73. The second kappa shape index (κ2) is 8.09. The molecule has 0 N–H and O–H groups in total. The Hall–Kier alpha value is -2.07. The molecule has 1 fully saturated rings. The number of halogens is 1. The molecule has 1 aromatic carbocycles. The minimum absolute atomic E-state index is 0.0242. The molecule has 1 unspecified atom stereocenters. The van der Waals surface area contributed by atoms with E-state index < -0.39 is 0 Å². The first kappa shape index (κ1) is 18.7. The number of methoxy groups -OCH3 is 1. The zero-order valence-electron chi connectivity index (χ0n) is 15.3. The van der Waals surface area contributed by atoms with Crippen LogP contribution in [-0.2, 0) is 0 Å². The summed E-state index contributed by atoms with van der Waals surface area (Å²) >= 11 is 6.32. The quantitative estimate of drug-likeness (QED) is 0.801. The predicted molar refractivity (Wildman–Crippen MR) is 102 cm³/mol. The number of nitriles is 1. The van der Waals surface area contributed by atoms with Gasteiger partial charge in [-0.25, -0.2) is 0 Å². The summed E-state index contributed by atoms with van der Waals surface area (Å²) in [5.74, 6) is 1.22. The molecule has 6 nitrogen and oxygen atoms in total. The van der Waals surface area contributed by atoms with Crippen molar-refractivity contribution in [2.45, 2.75) is 19.6 Å². The highest BCUT2D eigenvalue weighted by molar-refractivity contribution is 6.36. The molecule has 2 aromatic rings. The number of rotatable bonds is 5. The van der Waals surface area contributed by atoms with Gasteiger partial charge in [-0.1, -0.05) is 18.5 Å². The SMILES string of the molecule is CCC(Oc1cc2ncc(C#N)c(Cl)c2cc1OC)N1CCN(C)CC1. The van der Waals surface area contributed by atoms with Crippen molar-refractivity contribution >= 4 is 22.5 Å². The maximum atomic E-state index is 9.13. The third-order valence-corrected chi connectivity index (χ3v) is 5.17. The Balaban J connectivity index is 1.92. The van der Waals surface area contributed by atoms with Crippen molar-refractivity contribution in [2.75, 3.05) is 40.3 Å². The molecule has 0 saturated carbocycles. The number of ether oxygens (including phenoxy) is 2. The number of pyridine rings is 1. The van der Waals surface area contributed by atoms with E-state index in [2.05, 4.69) is 34.8 Å². The minimum atomic E-state index is -0.0242. The maximum absolute atomic E-state index is 9.13. The third kappa shape index (κ3) is 3.70. The average molecular weight is 375 g/mol. The van der Waals surface area contributed by atoms with Crippen LogP contribution in [0.4, 0.5) is 0 Å². The molecule has 1 atom stereocenters. The van der Waals surface area contributed by atoms with Gasteiger partial charge in [-0.05, 0) is 19.5 Å². The number of benzene rings is 1. The van der Waals surface area contributed by atoms with Crippen LogP contribution in [0.2, 0.25) is 5.02 Å². The number of nitrogens with zero attached hydrogens (tertiary/aromatic N) is 4. The molecule has 1 saturated heterocycles. The zero-order chi connectivity index (χ0) is 18.7. The van der Waals surface area contributed by atoms with Crippen molar-refractivity contribution in [2.24, 2.45) is 0 Å². The highest BCUT2D eigenvalue weighted by atomic mass is 35.5. The van der Waals surface area contributed by atoms with Gasteiger partial charge in [0, 0.05) is 43.8 Å². The van der Waals surface area contributed by atoms with E-state index in [9.17, 15) is 0 Å². The molecule has 3 rings (SSSR count). The van der Waals surface area contributed by atoms with E-state index in [4.69, 9.17) is 26.3 Å². The molecule has 0 radical (unpaired) electrons. The highest BCUT2D eigenvalue weighted by Gasteiger charge is 2.24. The van der Waals surface area contributed by atoms with Gasteiger partial charge in [0.15, 0.2) is 17.7 Å². The molecule has 0 spiro atoms. The molecule has 0 amide bonds. The van der Waals surface area contributed by atoms with Gasteiger partial charge in [0.1, 0.15) is 6.07 Å². The molecule has 2 heterocycles. The lowest BCUT2D eigenvalue weighted by molar-refractivity contribution is -0.00647. The van der Waals surface area contributed by atoms with Gasteiger partial charge >= 0.3 is 0 Å². The van der Waals surface area contributed by atoms with Crippen LogP contribution in [0, 0.1) is 11.3 Å². The molecule has 0 bridgehead atoms. The van der Waals surface area contributed by atoms with Crippen LogP contribution < -0.4 is 9.47 Å². The summed E-state index contributed by atoms with van der Waals surface area (Å²) < 4.78 is 11.8. The van der Waals surface area contributed by atoms with E-state index in [-0.39, 0.29) is 6.23 Å². The summed E-state index contributed by atoms with van der Waals surface area (Å²) in [5, 5.41) is 10.2.